The lowest BCUT2D eigenvalue weighted by molar-refractivity contribution is -0.189. The van der Waals surface area contributed by atoms with Crippen molar-refractivity contribution in [2.75, 3.05) is 19.7 Å². The number of likely N-dealkylation sites (tertiary alicyclic amines) is 1. The number of imidazole rings is 1. The van der Waals surface area contributed by atoms with Gasteiger partial charge in [-0.15, -0.1) is 0 Å². The minimum absolute atomic E-state index is 0.101. The number of alkyl halides is 5. The van der Waals surface area contributed by atoms with Crippen LogP contribution in [0.1, 0.15) is 29.7 Å². The highest BCUT2D eigenvalue weighted by Crippen LogP contribution is 2.23. The van der Waals surface area contributed by atoms with Crippen LogP contribution in [0.15, 0.2) is 0 Å². The molecule has 1 aromatic rings. The number of aryl methyl sites for hydroxylation is 1. The van der Waals surface area contributed by atoms with Gasteiger partial charge in [0.1, 0.15) is 6.61 Å². The third-order valence-electron chi connectivity index (χ3n) is 4.14. The molecule has 158 valence electrons. The van der Waals surface area contributed by atoms with Gasteiger partial charge in [-0.1, -0.05) is 18.5 Å². The van der Waals surface area contributed by atoms with Crippen molar-refractivity contribution in [3.05, 3.63) is 16.7 Å². The smallest absolute Gasteiger partial charge is 0.368 e. The van der Waals surface area contributed by atoms with Gasteiger partial charge in [-0.05, 0) is 12.8 Å². The van der Waals surface area contributed by atoms with Crippen molar-refractivity contribution < 1.29 is 36.3 Å². The highest BCUT2D eigenvalue weighted by molar-refractivity contribution is 6.30. The van der Waals surface area contributed by atoms with Crippen LogP contribution in [0.2, 0.25) is 5.15 Å². The molecule has 1 aliphatic heterocycles. The maximum absolute atomic E-state index is 12.6. The fraction of sp³-hybridized carbons (Fsp3) is 0.667. The molecule has 1 aliphatic rings. The van der Waals surface area contributed by atoms with Crippen LogP contribution >= 0.6 is 11.6 Å². The van der Waals surface area contributed by atoms with E-state index >= 15 is 0 Å². The first kappa shape index (κ1) is 22.3. The monoisotopic (exact) mass is 432 g/mol. The molecule has 1 fully saturated rings. The molecule has 0 bridgehead atoms. The number of halogens is 6. The quantitative estimate of drug-likeness (QED) is 0.674. The Kier molecular flexibility index (Phi) is 7.21. The van der Waals surface area contributed by atoms with Gasteiger partial charge >= 0.3 is 12.1 Å². The van der Waals surface area contributed by atoms with Gasteiger partial charge < -0.3 is 19.9 Å². The number of amides is 2. The molecule has 1 saturated heterocycles. The van der Waals surface area contributed by atoms with Gasteiger partial charge in [0.05, 0.1) is 17.8 Å². The Bertz CT molecular complexity index is 712. The van der Waals surface area contributed by atoms with Gasteiger partial charge in [-0.2, -0.15) is 13.2 Å². The summed E-state index contributed by atoms with van der Waals surface area (Å²) in [6, 6.07) is -0.891. The van der Waals surface area contributed by atoms with Gasteiger partial charge in [0.2, 0.25) is 0 Å². The topological polar surface area (TPSA) is 87.3 Å². The first-order chi connectivity index (χ1) is 13.0. The summed E-state index contributed by atoms with van der Waals surface area (Å²) in [4.78, 5) is 30.8. The second kappa shape index (κ2) is 9.03. The zero-order valence-corrected chi connectivity index (χ0v) is 15.4. The van der Waals surface area contributed by atoms with Crippen molar-refractivity contribution in [1.29, 1.82) is 0 Å². The Labute approximate surface area is 161 Å². The second-order valence-corrected chi connectivity index (χ2v) is 6.45. The highest BCUT2D eigenvalue weighted by Gasteiger charge is 2.45. The average molecular weight is 433 g/mol. The van der Waals surface area contributed by atoms with Crippen molar-refractivity contribution in [2.24, 2.45) is 0 Å². The number of hydrogen-bond acceptors (Lipinski definition) is 4. The Morgan fingerprint density at radius 1 is 1.43 bits per heavy atom. The fourth-order valence-electron chi connectivity index (χ4n) is 2.78. The normalized spacial score (nSPS) is 20.5. The van der Waals surface area contributed by atoms with Crippen molar-refractivity contribution >= 4 is 23.4 Å². The summed E-state index contributed by atoms with van der Waals surface area (Å²) >= 11 is 5.86. The van der Waals surface area contributed by atoms with Crippen LogP contribution in [0.25, 0.3) is 0 Å². The van der Waals surface area contributed by atoms with Gasteiger partial charge in [-0.25, -0.2) is 13.8 Å². The molecule has 0 aliphatic carbocycles. The maximum atomic E-state index is 12.6. The molecule has 0 aromatic carbocycles. The molecule has 2 heterocycles. The number of aromatic amines is 1. The Morgan fingerprint density at radius 3 is 2.64 bits per heavy atom. The minimum Gasteiger partial charge on any atom is -0.368 e. The second-order valence-electron chi connectivity index (χ2n) is 6.09. The Balaban J connectivity index is 2.10. The van der Waals surface area contributed by atoms with Crippen LogP contribution in [0, 0.1) is 0 Å². The number of hydrogen-bond donors (Lipinski definition) is 2. The predicted octanol–water partition coefficient (Wildman–Crippen LogP) is 2.17. The molecule has 0 spiro atoms. The molecular formula is C15H18ClF5N4O3. The summed E-state index contributed by atoms with van der Waals surface area (Å²) in [6.07, 6.45) is -8.83. The average Bonchev–Trinajstić information content (AvgIpc) is 3.00. The van der Waals surface area contributed by atoms with E-state index in [0.29, 0.717) is 17.0 Å². The van der Waals surface area contributed by atoms with E-state index in [1.54, 1.807) is 6.92 Å². The summed E-state index contributed by atoms with van der Waals surface area (Å²) in [7, 11) is 0. The van der Waals surface area contributed by atoms with E-state index in [0.717, 1.165) is 0 Å². The number of carbonyl (C=O) groups is 2. The van der Waals surface area contributed by atoms with Crippen LogP contribution in [-0.4, -0.2) is 71.1 Å². The van der Waals surface area contributed by atoms with E-state index in [1.165, 1.54) is 0 Å². The summed E-state index contributed by atoms with van der Waals surface area (Å²) in [5.74, 6) is -2.93. The zero-order valence-electron chi connectivity index (χ0n) is 14.7. The lowest BCUT2D eigenvalue weighted by Gasteiger charge is -2.38. The number of rotatable bonds is 6. The predicted molar refractivity (Wildman–Crippen MR) is 87.2 cm³/mol. The molecule has 1 aromatic heterocycles. The summed E-state index contributed by atoms with van der Waals surface area (Å²) in [6.45, 7) is -0.174. The largest absolute Gasteiger partial charge is 0.471 e. The molecule has 2 unspecified atom stereocenters. The number of nitrogens with one attached hydrogen (secondary N) is 2. The minimum atomic E-state index is -5.09. The molecule has 28 heavy (non-hydrogen) atoms. The van der Waals surface area contributed by atoms with Crippen molar-refractivity contribution in [3.63, 3.8) is 0 Å². The van der Waals surface area contributed by atoms with Crippen LogP contribution in [0.3, 0.4) is 0 Å². The number of aromatic nitrogens is 2. The fourth-order valence-corrected chi connectivity index (χ4v) is 3.04. The lowest BCUT2D eigenvalue weighted by atomic mass is 10.0. The van der Waals surface area contributed by atoms with Gasteiger partial charge in [-0.3, -0.25) is 9.59 Å². The summed E-state index contributed by atoms with van der Waals surface area (Å²) < 4.78 is 67.8. The first-order valence-corrected chi connectivity index (χ1v) is 8.71. The van der Waals surface area contributed by atoms with Crippen LogP contribution < -0.4 is 5.32 Å². The number of H-pyrrole nitrogens is 1. The first-order valence-electron chi connectivity index (χ1n) is 8.34. The zero-order chi connectivity index (χ0) is 21.1. The molecule has 13 heteroatoms. The molecule has 2 atom stereocenters. The maximum Gasteiger partial charge on any atom is 0.471 e. The molecule has 0 radical (unpaired) electrons. The van der Waals surface area contributed by atoms with Crippen LogP contribution in [0.4, 0.5) is 22.0 Å². The van der Waals surface area contributed by atoms with E-state index < -0.39 is 49.7 Å². The van der Waals surface area contributed by atoms with E-state index in [-0.39, 0.29) is 23.9 Å². The molecule has 2 rings (SSSR count). The van der Waals surface area contributed by atoms with Gasteiger partial charge in [0, 0.05) is 13.1 Å². The van der Waals surface area contributed by atoms with E-state index in [4.69, 9.17) is 16.3 Å². The third kappa shape index (κ3) is 5.53. The number of nitrogens with zero attached hydrogens (tertiary/aromatic N) is 2. The molecule has 0 saturated carbocycles. The Morgan fingerprint density at radius 2 is 2.11 bits per heavy atom. The van der Waals surface area contributed by atoms with E-state index in [2.05, 4.69) is 15.3 Å². The number of piperidine rings is 1. The third-order valence-corrected chi connectivity index (χ3v) is 4.45. The van der Waals surface area contributed by atoms with Crippen molar-refractivity contribution in [2.45, 2.75) is 44.5 Å². The SMILES string of the molecule is CCc1[nH]c(C(=O)NC2CCN(C(=O)C(F)(F)F)CC2OCC(F)F)nc1Cl. The Hall–Kier alpha value is -1.95. The van der Waals surface area contributed by atoms with E-state index in [9.17, 15) is 31.5 Å². The highest BCUT2D eigenvalue weighted by atomic mass is 35.5. The van der Waals surface area contributed by atoms with Crippen molar-refractivity contribution in [1.82, 2.24) is 20.2 Å². The van der Waals surface area contributed by atoms with Crippen LogP contribution in [0.5, 0.6) is 0 Å². The standard InChI is InChI=1S/C15H18ClF5N4O3/c1-2-7-11(16)24-12(22-7)13(26)23-8-3-4-25(14(27)15(19,20)21)5-9(8)28-6-10(17)18/h8-10H,2-6H2,1H3,(H,22,24)(H,23,26). The summed E-state index contributed by atoms with van der Waals surface area (Å²) in [5.41, 5.74) is 0.517. The number of ether oxygens (including phenoxy) is 1. The van der Waals surface area contributed by atoms with Crippen LogP contribution in [-0.2, 0) is 16.0 Å². The van der Waals surface area contributed by atoms with Crippen molar-refractivity contribution in [3.8, 4) is 0 Å². The van der Waals surface area contributed by atoms with E-state index in [1.807, 2.05) is 0 Å². The number of carbonyl (C=O) groups excluding carboxylic acids is 2. The van der Waals surface area contributed by atoms with Gasteiger partial charge in [0.25, 0.3) is 12.3 Å². The molecule has 7 nitrogen and oxygen atoms in total. The summed E-state index contributed by atoms with van der Waals surface area (Å²) in [5, 5.41) is 2.59. The van der Waals surface area contributed by atoms with Gasteiger partial charge in [0.15, 0.2) is 11.0 Å². The molecule has 2 N–H and O–H groups in total. The molecule has 2 amide bonds. The lowest BCUT2D eigenvalue weighted by Crippen LogP contribution is -2.58. The molecular weight excluding hydrogens is 415 g/mol.